The van der Waals surface area contributed by atoms with Gasteiger partial charge in [0.05, 0.1) is 18.9 Å². The van der Waals surface area contributed by atoms with Crippen molar-refractivity contribution in [3.05, 3.63) is 84.1 Å². The number of hydrogen-bond donors (Lipinski definition) is 2. The lowest BCUT2D eigenvalue weighted by Crippen LogP contribution is -1.84. The largest absolute Gasteiger partial charge is 0.360 e. The van der Waals surface area contributed by atoms with E-state index >= 15 is 0 Å². The van der Waals surface area contributed by atoms with Crippen LogP contribution in [0.2, 0.25) is 0 Å². The van der Waals surface area contributed by atoms with E-state index in [4.69, 9.17) is 12.8 Å². The Morgan fingerprint density at radius 2 is 1.77 bits per heavy atom. The molecule has 2 N–H and O–H groups in total. The number of hydrogen-bond acceptors (Lipinski definition) is 1. The molecule has 0 saturated carbocycles. The minimum Gasteiger partial charge on any atom is -0.360 e. The number of aromatic amines is 2. The van der Waals surface area contributed by atoms with Crippen LogP contribution in [0.1, 0.15) is 16.7 Å². The Hall–Kier alpha value is -3.79. The van der Waals surface area contributed by atoms with E-state index < -0.39 is 0 Å². The molecule has 0 bridgehead atoms. The SMILES string of the molecule is [B]Cc1ccc2[nH]cc(-c3nc4c5cc(C)ccc5c5ccc(C=C)cc5c4[nH]3)c2c1. The molecule has 0 atom stereocenters. The van der Waals surface area contributed by atoms with Crippen LogP contribution in [-0.2, 0) is 6.32 Å². The number of nitrogens with one attached hydrogen (secondary N) is 2. The number of rotatable bonds is 3. The van der Waals surface area contributed by atoms with Gasteiger partial charge in [-0.3, -0.25) is 0 Å². The molecule has 0 aliphatic rings. The van der Waals surface area contributed by atoms with Gasteiger partial charge in [-0.2, -0.15) is 0 Å². The first kappa shape index (κ1) is 18.0. The molecule has 2 radical (unpaired) electrons. The molecular weight excluding hydrogens is 377 g/mol. The molecule has 0 spiro atoms. The normalized spacial score (nSPS) is 11.8. The lowest BCUT2D eigenvalue weighted by atomic mass is 9.95. The predicted molar refractivity (Wildman–Crippen MR) is 133 cm³/mol. The monoisotopic (exact) mass is 397 g/mol. The molecule has 0 fully saturated rings. The van der Waals surface area contributed by atoms with Gasteiger partial charge < -0.3 is 9.97 Å². The van der Waals surface area contributed by atoms with Gasteiger partial charge in [0.15, 0.2) is 0 Å². The first-order chi connectivity index (χ1) is 15.2. The van der Waals surface area contributed by atoms with Crippen LogP contribution in [0.3, 0.4) is 0 Å². The fraction of sp³-hybridized carbons (Fsp3) is 0.0741. The van der Waals surface area contributed by atoms with Crippen molar-refractivity contribution in [1.29, 1.82) is 0 Å². The van der Waals surface area contributed by atoms with E-state index in [1.807, 2.05) is 12.3 Å². The molecule has 0 amide bonds. The zero-order valence-corrected chi connectivity index (χ0v) is 17.3. The van der Waals surface area contributed by atoms with Crippen LogP contribution in [0.5, 0.6) is 0 Å². The van der Waals surface area contributed by atoms with Gasteiger partial charge in [0.1, 0.15) is 5.82 Å². The summed E-state index contributed by atoms with van der Waals surface area (Å²) in [6.07, 6.45) is 4.42. The summed E-state index contributed by atoms with van der Waals surface area (Å²) in [5, 5.41) is 5.88. The highest BCUT2D eigenvalue weighted by Gasteiger charge is 2.16. The van der Waals surface area contributed by atoms with Crippen LogP contribution in [-0.4, -0.2) is 22.8 Å². The molecule has 2 aromatic heterocycles. The van der Waals surface area contributed by atoms with E-state index in [1.54, 1.807) is 0 Å². The summed E-state index contributed by atoms with van der Waals surface area (Å²) in [6.45, 7) is 6.07. The Morgan fingerprint density at radius 1 is 0.935 bits per heavy atom. The molecule has 0 unspecified atom stereocenters. The second-order valence-corrected chi connectivity index (χ2v) is 8.15. The number of aryl methyl sites for hydroxylation is 1. The highest BCUT2D eigenvalue weighted by atomic mass is 14.9. The molecule has 146 valence electrons. The number of nitrogens with zero attached hydrogens (tertiary/aromatic N) is 1. The molecule has 31 heavy (non-hydrogen) atoms. The van der Waals surface area contributed by atoms with Crippen molar-refractivity contribution in [2.24, 2.45) is 0 Å². The summed E-state index contributed by atoms with van der Waals surface area (Å²) in [5.74, 6) is 0.856. The summed E-state index contributed by atoms with van der Waals surface area (Å²) in [6, 6.07) is 19.4. The van der Waals surface area contributed by atoms with Gasteiger partial charge in [0.25, 0.3) is 0 Å². The molecule has 6 rings (SSSR count). The van der Waals surface area contributed by atoms with E-state index in [9.17, 15) is 0 Å². The van der Waals surface area contributed by atoms with Gasteiger partial charge in [-0.15, -0.1) is 0 Å². The molecule has 4 aromatic carbocycles. The highest BCUT2D eigenvalue weighted by molar-refractivity contribution is 6.24. The maximum absolute atomic E-state index is 5.88. The molecule has 3 nitrogen and oxygen atoms in total. The highest BCUT2D eigenvalue weighted by Crippen LogP contribution is 2.37. The summed E-state index contributed by atoms with van der Waals surface area (Å²) >= 11 is 0. The van der Waals surface area contributed by atoms with Gasteiger partial charge in [0.2, 0.25) is 0 Å². The average molecular weight is 397 g/mol. The van der Waals surface area contributed by atoms with E-state index in [0.717, 1.165) is 49.8 Å². The third-order valence-electron chi connectivity index (χ3n) is 6.21. The van der Waals surface area contributed by atoms with Crippen molar-refractivity contribution in [3.63, 3.8) is 0 Å². The maximum atomic E-state index is 5.88. The van der Waals surface area contributed by atoms with Crippen LogP contribution in [0.25, 0.3) is 60.9 Å². The number of imidazole rings is 1. The van der Waals surface area contributed by atoms with Gasteiger partial charge in [-0.25, -0.2) is 4.98 Å². The Kier molecular flexibility index (Phi) is 3.84. The van der Waals surface area contributed by atoms with Crippen LogP contribution in [0, 0.1) is 6.92 Å². The fourth-order valence-corrected chi connectivity index (χ4v) is 4.60. The van der Waals surface area contributed by atoms with Gasteiger partial charge >= 0.3 is 0 Å². The van der Waals surface area contributed by atoms with Crippen molar-refractivity contribution in [2.75, 3.05) is 0 Å². The minimum absolute atomic E-state index is 0.513. The zero-order chi connectivity index (χ0) is 21.1. The van der Waals surface area contributed by atoms with Crippen molar-refractivity contribution >= 4 is 57.4 Å². The van der Waals surface area contributed by atoms with E-state index in [-0.39, 0.29) is 0 Å². The van der Waals surface area contributed by atoms with Crippen molar-refractivity contribution in [1.82, 2.24) is 15.0 Å². The summed E-state index contributed by atoms with van der Waals surface area (Å²) < 4.78 is 0. The molecular formula is C27H20BN3. The first-order valence-electron chi connectivity index (χ1n) is 10.4. The van der Waals surface area contributed by atoms with Gasteiger partial charge in [-0.05, 0) is 47.5 Å². The molecule has 0 aliphatic carbocycles. The average Bonchev–Trinajstić information content (AvgIpc) is 3.42. The third-order valence-corrected chi connectivity index (χ3v) is 6.21. The topological polar surface area (TPSA) is 44.5 Å². The van der Waals surface area contributed by atoms with Crippen molar-refractivity contribution < 1.29 is 0 Å². The lowest BCUT2D eigenvalue weighted by Gasteiger charge is -2.08. The van der Waals surface area contributed by atoms with Gasteiger partial charge in [-0.1, -0.05) is 60.4 Å². The number of fused-ring (bicyclic) bond motifs is 7. The summed E-state index contributed by atoms with van der Waals surface area (Å²) in [7, 11) is 5.88. The van der Waals surface area contributed by atoms with Crippen molar-refractivity contribution in [2.45, 2.75) is 13.2 Å². The van der Waals surface area contributed by atoms with E-state index in [1.165, 1.54) is 21.7 Å². The molecule has 0 saturated heterocycles. The molecule has 2 heterocycles. The van der Waals surface area contributed by atoms with Gasteiger partial charge in [0, 0.05) is 33.4 Å². The smallest absolute Gasteiger partial charge is 0.140 e. The van der Waals surface area contributed by atoms with E-state index in [0.29, 0.717) is 6.32 Å². The van der Waals surface area contributed by atoms with E-state index in [2.05, 4.69) is 78.1 Å². The quantitative estimate of drug-likeness (QED) is 0.255. The van der Waals surface area contributed by atoms with Crippen LogP contribution in [0.4, 0.5) is 0 Å². The lowest BCUT2D eigenvalue weighted by molar-refractivity contribution is 1.34. The number of benzene rings is 4. The van der Waals surface area contributed by atoms with Crippen LogP contribution < -0.4 is 0 Å². The molecule has 4 heteroatoms. The second-order valence-electron chi connectivity index (χ2n) is 8.15. The molecule has 6 aromatic rings. The molecule has 0 aliphatic heterocycles. The standard InChI is InChI=1S/C27H20BN3/c1-3-16-5-8-19-18-7-4-15(2)10-21(18)25-26(22(19)11-16)31-27(30-25)23-14-29-24-9-6-17(13-28)12-20(23)24/h3-12,14,29H,1,13H2,2H3,(H,30,31). The second kappa shape index (κ2) is 6.61. The first-order valence-corrected chi connectivity index (χ1v) is 10.4. The Labute approximate surface area is 181 Å². The Balaban J connectivity index is 1.74. The Morgan fingerprint density at radius 3 is 2.61 bits per heavy atom. The maximum Gasteiger partial charge on any atom is 0.140 e. The number of H-pyrrole nitrogens is 2. The third kappa shape index (κ3) is 2.65. The number of aromatic nitrogens is 3. The summed E-state index contributed by atoms with van der Waals surface area (Å²) in [4.78, 5) is 12.1. The Bertz CT molecular complexity index is 1650. The summed E-state index contributed by atoms with van der Waals surface area (Å²) in [5.41, 5.74) is 7.59. The van der Waals surface area contributed by atoms with Crippen LogP contribution >= 0.6 is 0 Å². The fourth-order valence-electron chi connectivity index (χ4n) is 4.60. The van der Waals surface area contributed by atoms with Crippen molar-refractivity contribution in [3.8, 4) is 11.4 Å². The van der Waals surface area contributed by atoms with Crippen LogP contribution in [0.15, 0.2) is 67.4 Å². The minimum atomic E-state index is 0.513. The predicted octanol–water partition coefficient (Wildman–Crippen LogP) is 6.64. The zero-order valence-electron chi connectivity index (χ0n) is 17.3.